The molecule has 7 nitrogen and oxygen atoms in total. The van der Waals surface area contributed by atoms with Crippen LogP contribution in [0.25, 0.3) is 0 Å². The van der Waals surface area contributed by atoms with Crippen molar-refractivity contribution >= 4 is 27.5 Å². The SMILES string of the molecule is Cc1ncc(Cl)c(C(=O)N2CCC[C@H](CS(N)(=O)=O)C2)n1. The number of aromatic nitrogens is 2. The van der Waals surface area contributed by atoms with E-state index in [1.807, 2.05) is 0 Å². The van der Waals surface area contributed by atoms with Crippen molar-refractivity contribution in [2.75, 3.05) is 18.8 Å². The summed E-state index contributed by atoms with van der Waals surface area (Å²) in [6.07, 6.45) is 2.85. The molecule has 1 fully saturated rings. The molecule has 1 aliphatic rings. The van der Waals surface area contributed by atoms with Crippen LogP contribution in [0.2, 0.25) is 5.02 Å². The predicted octanol–water partition coefficient (Wildman–Crippen LogP) is 0.579. The number of sulfonamides is 1. The van der Waals surface area contributed by atoms with Crippen LogP contribution in [0.4, 0.5) is 0 Å². The number of carbonyl (C=O) groups is 1. The zero-order valence-electron chi connectivity index (χ0n) is 11.6. The van der Waals surface area contributed by atoms with Gasteiger partial charge in [-0.1, -0.05) is 11.6 Å². The van der Waals surface area contributed by atoms with Gasteiger partial charge in [0.2, 0.25) is 10.0 Å². The lowest BCUT2D eigenvalue weighted by Crippen LogP contribution is -2.43. The van der Waals surface area contributed by atoms with E-state index in [1.165, 1.54) is 6.20 Å². The first-order valence-corrected chi connectivity index (χ1v) is 8.64. The fraction of sp³-hybridized carbons (Fsp3) is 0.583. The molecule has 0 aliphatic carbocycles. The smallest absolute Gasteiger partial charge is 0.274 e. The first-order valence-electron chi connectivity index (χ1n) is 6.55. The van der Waals surface area contributed by atoms with Gasteiger partial charge in [-0.05, 0) is 25.7 Å². The summed E-state index contributed by atoms with van der Waals surface area (Å²) in [7, 11) is -3.54. The Balaban J connectivity index is 2.14. The fourth-order valence-electron chi connectivity index (χ4n) is 2.47. The molecule has 0 bridgehead atoms. The zero-order chi connectivity index (χ0) is 15.6. The normalized spacial score (nSPS) is 19.6. The number of carbonyl (C=O) groups excluding carboxylic acids is 1. The molecule has 1 aromatic rings. The molecule has 1 aliphatic heterocycles. The number of likely N-dealkylation sites (tertiary alicyclic amines) is 1. The molecule has 2 N–H and O–H groups in total. The zero-order valence-corrected chi connectivity index (χ0v) is 13.2. The van der Waals surface area contributed by atoms with Crippen LogP contribution in [-0.2, 0) is 10.0 Å². The molecular formula is C12H17ClN4O3S. The summed E-state index contributed by atoms with van der Waals surface area (Å²) in [4.78, 5) is 22.0. The summed E-state index contributed by atoms with van der Waals surface area (Å²) >= 11 is 5.96. The number of hydrogen-bond donors (Lipinski definition) is 1. The Morgan fingerprint density at radius 2 is 2.29 bits per heavy atom. The molecule has 0 saturated carbocycles. The molecule has 2 heterocycles. The van der Waals surface area contributed by atoms with Crippen LogP contribution >= 0.6 is 11.6 Å². The Morgan fingerprint density at radius 1 is 1.57 bits per heavy atom. The van der Waals surface area contributed by atoms with Crippen LogP contribution in [0.5, 0.6) is 0 Å². The van der Waals surface area contributed by atoms with E-state index < -0.39 is 10.0 Å². The third kappa shape index (κ3) is 4.36. The fourth-order valence-corrected chi connectivity index (χ4v) is 3.57. The molecule has 0 unspecified atom stereocenters. The second-order valence-corrected chi connectivity index (χ2v) is 7.27. The highest BCUT2D eigenvalue weighted by atomic mass is 35.5. The molecule has 1 atom stereocenters. The Kier molecular flexibility index (Phi) is 4.80. The molecule has 2 rings (SSSR count). The number of halogens is 1. The van der Waals surface area contributed by atoms with Gasteiger partial charge in [-0.3, -0.25) is 4.79 Å². The van der Waals surface area contributed by atoms with E-state index in [9.17, 15) is 13.2 Å². The lowest BCUT2D eigenvalue weighted by atomic mass is 10.00. The highest BCUT2D eigenvalue weighted by Gasteiger charge is 2.28. The maximum Gasteiger partial charge on any atom is 0.274 e. The Labute approximate surface area is 128 Å². The van der Waals surface area contributed by atoms with E-state index >= 15 is 0 Å². The van der Waals surface area contributed by atoms with Crippen molar-refractivity contribution in [3.63, 3.8) is 0 Å². The molecule has 116 valence electrons. The number of nitrogens with zero attached hydrogens (tertiary/aromatic N) is 3. The van der Waals surface area contributed by atoms with Gasteiger partial charge in [0.05, 0.1) is 17.0 Å². The van der Waals surface area contributed by atoms with E-state index in [4.69, 9.17) is 16.7 Å². The summed E-state index contributed by atoms with van der Waals surface area (Å²) in [5.74, 6) is -0.113. The van der Waals surface area contributed by atoms with Crippen molar-refractivity contribution in [1.82, 2.24) is 14.9 Å². The highest BCUT2D eigenvalue weighted by Crippen LogP contribution is 2.21. The number of primary sulfonamides is 1. The lowest BCUT2D eigenvalue weighted by Gasteiger charge is -2.32. The van der Waals surface area contributed by atoms with Crippen molar-refractivity contribution < 1.29 is 13.2 Å². The molecule has 21 heavy (non-hydrogen) atoms. The van der Waals surface area contributed by atoms with Crippen molar-refractivity contribution in [2.45, 2.75) is 19.8 Å². The number of amides is 1. The summed E-state index contributed by atoms with van der Waals surface area (Å²) < 4.78 is 22.4. The van der Waals surface area contributed by atoms with E-state index in [-0.39, 0.29) is 28.3 Å². The van der Waals surface area contributed by atoms with Crippen LogP contribution in [-0.4, -0.2) is 48.0 Å². The second kappa shape index (κ2) is 6.25. The van der Waals surface area contributed by atoms with Gasteiger partial charge in [-0.2, -0.15) is 0 Å². The van der Waals surface area contributed by atoms with Gasteiger partial charge in [-0.15, -0.1) is 0 Å². The third-order valence-electron chi connectivity index (χ3n) is 3.34. The number of piperidine rings is 1. The monoisotopic (exact) mass is 332 g/mol. The average molecular weight is 333 g/mol. The van der Waals surface area contributed by atoms with E-state index in [1.54, 1.807) is 11.8 Å². The lowest BCUT2D eigenvalue weighted by molar-refractivity contribution is 0.0678. The van der Waals surface area contributed by atoms with Gasteiger partial charge in [0.1, 0.15) is 5.82 Å². The first kappa shape index (κ1) is 16.1. The minimum atomic E-state index is -3.54. The van der Waals surface area contributed by atoms with E-state index in [0.717, 1.165) is 12.8 Å². The maximum absolute atomic E-state index is 12.5. The second-order valence-electron chi connectivity index (χ2n) is 5.20. The van der Waals surface area contributed by atoms with Gasteiger partial charge in [0, 0.05) is 13.1 Å². The van der Waals surface area contributed by atoms with Crippen LogP contribution in [0.15, 0.2) is 6.20 Å². The van der Waals surface area contributed by atoms with Gasteiger partial charge in [0.25, 0.3) is 5.91 Å². The van der Waals surface area contributed by atoms with E-state index in [0.29, 0.717) is 18.9 Å². The average Bonchev–Trinajstić information content (AvgIpc) is 2.39. The van der Waals surface area contributed by atoms with Crippen LogP contribution in [0.1, 0.15) is 29.2 Å². The van der Waals surface area contributed by atoms with E-state index in [2.05, 4.69) is 9.97 Å². The Hall–Kier alpha value is -1.25. The topological polar surface area (TPSA) is 106 Å². The molecule has 1 amide bonds. The largest absolute Gasteiger partial charge is 0.337 e. The highest BCUT2D eigenvalue weighted by molar-refractivity contribution is 7.89. The van der Waals surface area contributed by atoms with Crippen molar-refractivity contribution in [1.29, 1.82) is 0 Å². The number of hydrogen-bond acceptors (Lipinski definition) is 5. The number of rotatable bonds is 3. The van der Waals surface area contributed by atoms with Gasteiger partial charge in [0.15, 0.2) is 5.69 Å². The van der Waals surface area contributed by atoms with Crippen LogP contribution < -0.4 is 5.14 Å². The summed E-state index contributed by atoms with van der Waals surface area (Å²) in [6, 6.07) is 0. The summed E-state index contributed by atoms with van der Waals surface area (Å²) in [5, 5.41) is 5.26. The maximum atomic E-state index is 12.5. The molecule has 0 aromatic carbocycles. The van der Waals surface area contributed by atoms with Crippen molar-refractivity contribution in [2.24, 2.45) is 11.1 Å². The third-order valence-corrected chi connectivity index (χ3v) is 4.55. The number of aryl methyl sites for hydroxylation is 1. The van der Waals surface area contributed by atoms with Crippen molar-refractivity contribution in [3.8, 4) is 0 Å². The number of nitrogens with two attached hydrogens (primary N) is 1. The van der Waals surface area contributed by atoms with Gasteiger partial charge in [-0.25, -0.2) is 23.5 Å². The van der Waals surface area contributed by atoms with Crippen LogP contribution in [0, 0.1) is 12.8 Å². The Morgan fingerprint density at radius 3 is 2.95 bits per heavy atom. The molecule has 1 saturated heterocycles. The standard InChI is InChI=1S/C12H17ClN4O3S/c1-8-15-5-10(13)11(16-8)12(18)17-4-2-3-9(6-17)7-21(14,19)20/h5,9H,2-4,6-7H2,1H3,(H2,14,19,20)/t9-/m0/s1. The Bertz CT molecular complexity index is 650. The summed E-state index contributed by atoms with van der Waals surface area (Å²) in [5.41, 5.74) is 0.153. The predicted molar refractivity (Wildman–Crippen MR) is 78.4 cm³/mol. The molecule has 1 aromatic heterocycles. The minimum Gasteiger partial charge on any atom is -0.337 e. The molecule has 0 spiro atoms. The molecular weight excluding hydrogens is 316 g/mol. The van der Waals surface area contributed by atoms with Crippen molar-refractivity contribution in [3.05, 3.63) is 22.7 Å². The van der Waals surface area contributed by atoms with Gasteiger partial charge >= 0.3 is 0 Å². The summed E-state index contributed by atoms with van der Waals surface area (Å²) in [6.45, 7) is 2.57. The molecule has 9 heteroatoms. The quantitative estimate of drug-likeness (QED) is 0.871. The minimum absolute atomic E-state index is 0.118. The van der Waals surface area contributed by atoms with Gasteiger partial charge < -0.3 is 4.90 Å². The van der Waals surface area contributed by atoms with Crippen LogP contribution in [0.3, 0.4) is 0 Å². The first-order chi connectivity index (χ1) is 9.76. The molecule has 0 radical (unpaired) electrons.